The van der Waals surface area contributed by atoms with Crippen LogP contribution in [-0.2, 0) is 13.1 Å². The Morgan fingerprint density at radius 2 is 2.14 bits per heavy atom. The second-order valence-electron chi connectivity index (χ2n) is 6.72. The number of carbonyl (C=O) groups excluding carboxylic acids is 1. The molecule has 0 saturated heterocycles. The molecular formula is C20H19Cl2N5OS. The summed E-state index contributed by atoms with van der Waals surface area (Å²) in [5.74, 6) is -0.0627. The van der Waals surface area contributed by atoms with Crippen LogP contribution >= 0.6 is 34.5 Å². The third-order valence-electron chi connectivity index (χ3n) is 4.60. The summed E-state index contributed by atoms with van der Waals surface area (Å²) >= 11 is 13.7. The van der Waals surface area contributed by atoms with Crippen LogP contribution in [0.25, 0.3) is 10.2 Å². The fourth-order valence-corrected chi connectivity index (χ4v) is 4.66. The molecule has 6 nitrogen and oxygen atoms in total. The smallest absolute Gasteiger partial charge is 0.261 e. The van der Waals surface area contributed by atoms with Gasteiger partial charge in [-0.25, -0.2) is 4.98 Å². The molecule has 4 aromatic rings. The van der Waals surface area contributed by atoms with E-state index in [1.54, 1.807) is 18.6 Å². The fourth-order valence-electron chi connectivity index (χ4n) is 3.11. The van der Waals surface area contributed by atoms with Crippen molar-refractivity contribution in [2.75, 3.05) is 6.54 Å². The molecule has 0 unspecified atom stereocenters. The van der Waals surface area contributed by atoms with Crippen molar-refractivity contribution in [2.45, 2.75) is 26.4 Å². The highest BCUT2D eigenvalue weighted by Crippen LogP contribution is 2.30. The van der Waals surface area contributed by atoms with Crippen LogP contribution in [0.15, 0.2) is 43.0 Å². The Kier molecular flexibility index (Phi) is 5.89. The highest BCUT2D eigenvalue weighted by Gasteiger charge is 2.17. The second kappa shape index (κ2) is 8.57. The Morgan fingerprint density at radius 1 is 1.28 bits per heavy atom. The van der Waals surface area contributed by atoms with Gasteiger partial charge in [0.05, 0.1) is 23.4 Å². The molecular weight excluding hydrogens is 429 g/mol. The number of rotatable bonds is 7. The summed E-state index contributed by atoms with van der Waals surface area (Å²) < 4.78 is 3.88. The summed E-state index contributed by atoms with van der Waals surface area (Å²) in [6.07, 6.45) is 6.28. The van der Waals surface area contributed by atoms with E-state index in [1.165, 1.54) is 11.3 Å². The number of imidazole rings is 1. The van der Waals surface area contributed by atoms with Crippen LogP contribution in [0.5, 0.6) is 0 Å². The highest BCUT2D eigenvalue weighted by molar-refractivity contribution is 7.20. The van der Waals surface area contributed by atoms with Crippen molar-refractivity contribution >= 4 is 50.7 Å². The minimum Gasteiger partial charge on any atom is -0.351 e. The molecule has 0 atom stereocenters. The predicted molar refractivity (Wildman–Crippen MR) is 117 cm³/mol. The quantitative estimate of drug-likeness (QED) is 0.414. The number of nitrogens with zero attached hydrogens (tertiary/aromatic N) is 4. The lowest BCUT2D eigenvalue weighted by atomic mass is 10.2. The normalized spacial score (nSPS) is 11.3. The zero-order valence-electron chi connectivity index (χ0n) is 15.7. The molecule has 1 aromatic carbocycles. The zero-order valence-corrected chi connectivity index (χ0v) is 18.1. The number of fused-ring (bicyclic) bond motifs is 1. The van der Waals surface area contributed by atoms with Gasteiger partial charge in [-0.1, -0.05) is 29.3 Å². The Balaban J connectivity index is 1.46. The molecule has 29 heavy (non-hydrogen) atoms. The molecule has 150 valence electrons. The number of thiophene rings is 1. The largest absolute Gasteiger partial charge is 0.351 e. The number of hydrogen-bond donors (Lipinski definition) is 1. The maximum atomic E-state index is 12.6. The molecule has 0 fully saturated rings. The molecule has 0 aliphatic carbocycles. The van der Waals surface area contributed by atoms with Gasteiger partial charge in [0.1, 0.15) is 4.83 Å². The summed E-state index contributed by atoms with van der Waals surface area (Å²) in [5.41, 5.74) is 1.82. The monoisotopic (exact) mass is 447 g/mol. The van der Waals surface area contributed by atoms with Gasteiger partial charge in [-0.3, -0.25) is 9.48 Å². The van der Waals surface area contributed by atoms with Crippen LogP contribution in [0.1, 0.15) is 27.3 Å². The van der Waals surface area contributed by atoms with Crippen LogP contribution in [-0.4, -0.2) is 31.8 Å². The SMILES string of the molecule is Cc1nn(Cc2ccc(Cl)cc2Cl)c2sc(C(=O)NCCCn3ccnc3)cc12. The van der Waals surface area contributed by atoms with E-state index < -0.39 is 0 Å². The van der Waals surface area contributed by atoms with Crippen LogP contribution in [0.2, 0.25) is 10.0 Å². The van der Waals surface area contributed by atoms with Crippen LogP contribution in [0, 0.1) is 6.92 Å². The predicted octanol–water partition coefficient (Wildman–Crippen LogP) is 4.78. The molecule has 0 aliphatic heterocycles. The van der Waals surface area contributed by atoms with Gasteiger partial charge in [0, 0.05) is 40.9 Å². The van der Waals surface area contributed by atoms with E-state index in [-0.39, 0.29) is 5.91 Å². The van der Waals surface area contributed by atoms with E-state index in [9.17, 15) is 4.79 Å². The van der Waals surface area contributed by atoms with E-state index in [2.05, 4.69) is 15.4 Å². The minimum absolute atomic E-state index is 0.0627. The number of amides is 1. The van der Waals surface area contributed by atoms with Gasteiger partial charge in [-0.05, 0) is 37.1 Å². The molecule has 1 N–H and O–H groups in total. The number of aryl methyl sites for hydroxylation is 2. The molecule has 0 spiro atoms. The Bertz CT molecular complexity index is 1150. The summed E-state index contributed by atoms with van der Waals surface area (Å²) in [5, 5.41) is 9.79. The van der Waals surface area contributed by atoms with Crippen molar-refractivity contribution in [3.63, 3.8) is 0 Å². The third kappa shape index (κ3) is 4.47. The fraction of sp³-hybridized carbons (Fsp3) is 0.250. The summed E-state index contributed by atoms with van der Waals surface area (Å²) in [7, 11) is 0. The van der Waals surface area contributed by atoms with E-state index in [0.29, 0.717) is 28.0 Å². The first-order valence-electron chi connectivity index (χ1n) is 9.16. The maximum absolute atomic E-state index is 12.6. The molecule has 0 radical (unpaired) electrons. The maximum Gasteiger partial charge on any atom is 0.261 e. The molecule has 9 heteroatoms. The van der Waals surface area contributed by atoms with Crippen molar-refractivity contribution in [3.05, 3.63) is 69.2 Å². The van der Waals surface area contributed by atoms with Gasteiger partial charge >= 0.3 is 0 Å². The van der Waals surface area contributed by atoms with Gasteiger partial charge in [0.15, 0.2) is 0 Å². The molecule has 0 saturated carbocycles. The summed E-state index contributed by atoms with van der Waals surface area (Å²) in [6.45, 7) is 3.90. The number of benzene rings is 1. The first-order chi connectivity index (χ1) is 14.0. The molecule has 4 rings (SSSR count). The molecule has 3 heterocycles. The van der Waals surface area contributed by atoms with Crippen molar-refractivity contribution in [1.29, 1.82) is 0 Å². The van der Waals surface area contributed by atoms with Gasteiger partial charge in [-0.2, -0.15) is 5.10 Å². The summed E-state index contributed by atoms with van der Waals surface area (Å²) in [6, 6.07) is 7.35. The lowest BCUT2D eigenvalue weighted by molar-refractivity contribution is 0.0957. The van der Waals surface area contributed by atoms with Gasteiger partial charge in [0.2, 0.25) is 0 Å². The lowest BCUT2D eigenvalue weighted by Crippen LogP contribution is -2.24. The standard InChI is InChI=1S/C20H19Cl2N5OS/c1-13-16-10-18(19(28)24-5-2-7-26-8-6-23-12-26)29-20(16)27(25-13)11-14-3-4-15(21)9-17(14)22/h3-4,6,8-10,12H,2,5,7,11H2,1H3,(H,24,28). The molecule has 0 bridgehead atoms. The van der Waals surface area contributed by atoms with Crippen molar-refractivity contribution in [3.8, 4) is 0 Å². The van der Waals surface area contributed by atoms with Crippen LogP contribution in [0.3, 0.4) is 0 Å². The van der Waals surface area contributed by atoms with Crippen LogP contribution in [0.4, 0.5) is 0 Å². The molecule has 1 amide bonds. The Morgan fingerprint density at radius 3 is 2.90 bits per heavy atom. The van der Waals surface area contributed by atoms with Crippen LogP contribution < -0.4 is 5.32 Å². The number of nitrogens with one attached hydrogen (secondary N) is 1. The minimum atomic E-state index is -0.0627. The topological polar surface area (TPSA) is 64.7 Å². The first-order valence-corrected chi connectivity index (χ1v) is 10.7. The number of carbonyl (C=O) groups is 1. The number of halogens is 2. The average molecular weight is 448 g/mol. The Hall–Kier alpha value is -2.35. The third-order valence-corrected chi connectivity index (χ3v) is 6.34. The molecule has 3 aromatic heterocycles. The Labute approximate surface area is 182 Å². The first kappa shape index (κ1) is 19.9. The highest BCUT2D eigenvalue weighted by atomic mass is 35.5. The van der Waals surface area contributed by atoms with Gasteiger partial charge in [0.25, 0.3) is 5.91 Å². The van der Waals surface area contributed by atoms with Crippen molar-refractivity contribution < 1.29 is 4.79 Å². The lowest BCUT2D eigenvalue weighted by Gasteiger charge is -2.06. The van der Waals surface area contributed by atoms with Crippen molar-refractivity contribution in [2.24, 2.45) is 0 Å². The van der Waals surface area contributed by atoms with Gasteiger partial charge < -0.3 is 9.88 Å². The summed E-state index contributed by atoms with van der Waals surface area (Å²) in [4.78, 5) is 18.2. The zero-order chi connectivity index (χ0) is 20.4. The second-order valence-corrected chi connectivity index (χ2v) is 8.59. The number of aromatic nitrogens is 4. The average Bonchev–Trinajstić information content (AvgIpc) is 3.41. The number of hydrogen-bond acceptors (Lipinski definition) is 4. The van der Waals surface area contributed by atoms with Gasteiger partial charge in [-0.15, -0.1) is 11.3 Å². The van der Waals surface area contributed by atoms with E-state index in [4.69, 9.17) is 23.2 Å². The van der Waals surface area contributed by atoms with E-state index in [1.807, 2.05) is 40.6 Å². The van der Waals surface area contributed by atoms with E-state index in [0.717, 1.165) is 34.4 Å². The van der Waals surface area contributed by atoms with E-state index >= 15 is 0 Å². The molecule has 0 aliphatic rings. The van der Waals surface area contributed by atoms with Crippen molar-refractivity contribution in [1.82, 2.24) is 24.6 Å².